The van der Waals surface area contributed by atoms with Gasteiger partial charge in [-0.3, -0.25) is 19.7 Å². The largest absolute Gasteiger partial charge is 0.416 e. The molecule has 7 nitrogen and oxygen atoms in total. The predicted octanol–water partition coefficient (Wildman–Crippen LogP) is 3.14. The number of nitro benzene ring substituents is 1. The zero-order valence-corrected chi connectivity index (χ0v) is 15.8. The quantitative estimate of drug-likeness (QED) is 0.561. The van der Waals surface area contributed by atoms with Crippen molar-refractivity contribution in [3.05, 3.63) is 75.3 Å². The number of non-ortho nitro benzene ring substituents is 1. The second-order valence-electron chi connectivity index (χ2n) is 6.85. The van der Waals surface area contributed by atoms with Crippen LogP contribution in [0.25, 0.3) is 0 Å². The smallest absolute Gasteiger partial charge is 0.339 e. The van der Waals surface area contributed by atoms with E-state index in [2.05, 4.69) is 0 Å². The van der Waals surface area contributed by atoms with Gasteiger partial charge in [0.2, 0.25) is 5.91 Å². The van der Waals surface area contributed by atoms with Gasteiger partial charge in [0.15, 0.2) is 0 Å². The molecule has 1 aliphatic heterocycles. The van der Waals surface area contributed by atoms with Crippen molar-refractivity contribution in [1.82, 2.24) is 9.80 Å². The fraction of sp³-hybridized carbons (Fsp3) is 0.300. The third-order valence-electron chi connectivity index (χ3n) is 4.88. The van der Waals surface area contributed by atoms with Gasteiger partial charge < -0.3 is 9.80 Å². The molecule has 0 aliphatic carbocycles. The summed E-state index contributed by atoms with van der Waals surface area (Å²) in [6.45, 7) is 1.15. The molecule has 10 heteroatoms. The van der Waals surface area contributed by atoms with Crippen molar-refractivity contribution in [1.29, 1.82) is 0 Å². The molecule has 2 aromatic carbocycles. The Morgan fingerprint density at radius 1 is 0.900 bits per heavy atom. The lowest BCUT2D eigenvalue weighted by molar-refractivity contribution is -0.384. The molecule has 0 spiro atoms. The monoisotopic (exact) mass is 421 g/mol. The van der Waals surface area contributed by atoms with Crippen LogP contribution in [0.3, 0.4) is 0 Å². The molecule has 1 fully saturated rings. The van der Waals surface area contributed by atoms with Gasteiger partial charge in [0.1, 0.15) is 0 Å². The summed E-state index contributed by atoms with van der Waals surface area (Å²) in [5.41, 5.74) is -0.0650. The molecule has 0 saturated carbocycles. The number of carbonyl (C=O) groups excluding carboxylic acids is 2. The highest BCUT2D eigenvalue weighted by Crippen LogP contribution is 2.29. The van der Waals surface area contributed by atoms with E-state index in [-0.39, 0.29) is 42.6 Å². The zero-order chi connectivity index (χ0) is 21.9. The third-order valence-corrected chi connectivity index (χ3v) is 4.88. The first-order chi connectivity index (χ1) is 14.1. The first-order valence-electron chi connectivity index (χ1n) is 9.13. The number of nitro groups is 1. The second-order valence-corrected chi connectivity index (χ2v) is 6.85. The first kappa shape index (κ1) is 21.3. The highest BCUT2D eigenvalue weighted by Gasteiger charge is 2.31. The van der Waals surface area contributed by atoms with Crippen LogP contribution in [0.15, 0.2) is 48.5 Å². The van der Waals surface area contributed by atoms with Gasteiger partial charge in [-0.15, -0.1) is 0 Å². The van der Waals surface area contributed by atoms with Crippen LogP contribution >= 0.6 is 0 Å². The van der Waals surface area contributed by atoms with Crippen LogP contribution in [0, 0.1) is 10.1 Å². The van der Waals surface area contributed by atoms with Crippen LogP contribution in [0.4, 0.5) is 18.9 Å². The number of rotatable bonds is 4. The Bertz CT molecular complexity index is 935. The van der Waals surface area contributed by atoms with E-state index in [0.717, 1.165) is 24.3 Å². The van der Waals surface area contributed by atoms with Gasteiger partial charge in [0.25, 0.3) is 11.6 Å². The molecule has 2 amide bonds. The number of halogens is 3. The Morgan fingerprint density at radius 2 is 1.43 bits per heavy atom. The van der Waals surface area contributed by atoms with Crippen molar-refractivity contribution >= 4 is 17.5 Å². The van der Waals surface area contributed by atoms with Gasteiger partial charge in [0.05, 0.1) is 16.9 Å². The van der Waals surface area contributed by atoms with Gasteiger partial charge in [-0.1, -0.05) is 12.1 Å². The van der Waals surface area contributed by atoms with E-state index in [0.29, 0.717) is 18.7 Å². The van der Waals surface area contributed by atoms with E-state index in [4.69, 9.17) is 0 Å². The molecule has 0 bridgehead atoms. The Labute approximate surface area is 169 Å². The number of piperazine rings is 1. The number of amides is 2. The SMILES string of the molecule is O=C(Cc1ccc([N+](=O)[O-])cc1)N1CCN(C(=O)c2ccc(C(F)(F)F)cc2)CC1. The molecule has 0 atom stereocenters. The molecule has 30 heavy (non-hydrogen) atoms. The molecule has 1 heterocycles. The van der Waals surface area contributed by atoms with Gasteiger partial charge >= 0.3 is 6.18 Å². The van der Waals surface area contributed by atoms with E-state index in [1.54, 1.807) is 4.90 Å². The molecule has 158 valence electrons. The third kappa shape index (κ3) is 4.94. The number of hydrogen-bond donors (Lipinski definition) is 0. The summed E-state index contributed by atoms with van der Waals surface area (Å²) < 4.78 is 37.9. The molecule has 1 aliphatic rings. The first-order valence-corrected chi connectivity index (χ1v) is 9.13. The molecule has 0 unspecified atom stereocenters. The lowest BCUT2D eigenvalue weighted by Crippen LogP contribution is -2.51. The highest BCUT2D eigenvalue weighted by atomic mass is 19.4. The van der Waals surface area contributed by atoms with Crippen LogP contribution in [-0.2, 0) is 17.4 Å². The Balaban J connectivity index is 1.54. The lowest BCUT2D eigenvalue weighted by Gasteiger charge is -2.35. The summed E-state index contributed by atoms with van der Waals surface area (Å²) in [6, 6.07) is 9.77. The minimum Gasteiger partial charge on any atom is -0.339 e. The average Bonchev–Trinajstić information content (AvgIpc) is 2.73. The van der Waals surface area contributed by atoms with Gasteiger partial charge in [0, 0.05) is 43.9 Å². The predicted molar refractivity (Wildman–Crippen MR) is 101 cm³/mol. The topological polar surface area (TPSA) is 83.8 Å². The lowest BCUT2D eigenvalue weighted by atomic mass is 10.1. The van der Waals surface area contributed by atoms with E-state index < -0.39 is 16.7 Å². The van der Waals surface area contributed by atoms with Crippen LogP contribution in [0.5, 0.6) is 0 Å². The molecular formula is C20H18F3N3O4. The minimum absolute atomic E-state index is 0.0541. The molecule has 0 aromatic heterocycles. The number of hydrogen-bond acceptors (Lipinski definition) is 4. The van der Waals surface area contributed by atoms with E-state index >= 15 is 0 Å². The number of benzene rings is 2. The van der Waals surface area contributed by atoms with E-state index in [9.17, 15) is 32.9 Å². The van der Waals surface area contributed by atoms with Crippen molar-refractivity contribution in [3.63, 3.8) is 0 Å². The Morgan fingerprint density at radius 3 is 1.93 bits per heavy atom. The number of nitrogens with zero attached hydrogens (tertiary/aromatic N) is 3. The summed E-state index contributed by atoms with van der Waals surface area (Å²) in [5, 5.41) is 10.7. The average molecular weight is 421 g/mol. The summed E-state index contributed by atoms with van der Waals surface area (Å²) in [7, 11) is 0. The van der Waals surface area contributed by atoms with Crippen LogP contribution in [0.1, 0.15) is 21.5 Å². The van der Waals surface area contributed by atoms with Crippen molar-refractivity contribution in [2.24, 2.45) is 0 Å². The standard InChI is InChI=1S/C20H18F3N3O4/c21-20(22,23)16-5-3-15(4-6-16)19(28)25-11-9-24(10-12-25)18(27)13-14-1-7-17(8-2-14)26(29)30/h1-8H,9-13H2. The van der Waals surface area contributed by atoms with Gasteiger partial charge in [-0.2, -0.15) is 13.2 Å². The van der Waals surface area contributed by atoms with Crippen LogP contribution in [0.2, 0.25) is 0 Å². The minimum atomic E-state index is -4.46. The fourth-order valence-corrected chi connectivity index (χ4v) is 3.17. The molecular weight excluding hydrogens is 403 g/mol. The number of carbonyl (C=O) groups is 2. The molecule has 0 radical (unpaired) electrons. The maximum absolute atomic E-state index is 12.6. The van der Waals surface area contributed by atoms with Gasteiger partial charge in [-0.05, 0) is 29.8 Å². The fourth-order valence-electron chi connectivity index (χ4n) is 3.17. The van der Waals surface area contributed by atoms with E-state index in [1.165, 1.54) is 29.2 Å². The van der Waals surface area contributed by atoms with Crippen molar-refractivity contribution in [3.8, 4) is 0 Å². The molecule has 2 aromatic rings. The molecule has 1 saturated heterocycles. The molecule has 3 rings (SSSR count). The van der Waals surface area contributed by atoms with Crippen molar-refractivity contribution in [2.75, 3.05) is 26.2 Å². The normalized spacial score (nSPS) is 14.5. The van der Waals surface area contributed by atoms with Crippen LogP contribution < -0.4 is 0 Å². The highest BCUT2D eigenvalue weighted by molar-refractivity contribution is 5.94. The number of alkyl halides is 3. The molecule has 0 N–H and O–H groups in total. The Hall–Kier alpha value is -3.43. The van der Waals surface area contributed by atoms with Crippen molar-refractivity contribution < 1.29 is 27.7 Å². The summed E-state index contributed by atoms with van der Waals surface area (Å²) >= 11 is 0. The Kier molecular flexibility index (Phi) is 6.04. The van der Waals surface area contributed by atoms with E-state index in [1.807, 2.05) is 0 Å². The van der Waals surface area contributed by atoms with Crippen molar-refractivity contribution in [2.45, 2.75) is 12.6 Å². The summed E-state index contributed by atoms with van der Waals surface area (Å²) in [5.74, 6) is -0.545. The maximum atomic E-state index is 12.6. The van der Waals surface area contributed by atoms with Crippen LogP contribution in [-0.4, -0.2) is 52.7 Å². The zero-order valence-electron chi connectivity index (χ0n) is 15.8. The maximum Gasteiger partial charge on any atom is 0.416 e. The van der Waals surface area contributed by atoms with Gasteiger partial charge in [-0.25, -0.2) is 0 Å². The summed E-state index contributed by atoms with van der Waals surface area (Å²) in [6.07, 6.45) is -4.37. The second kappa shape index (κ2) is 8.52. The summed E-state index contributed by atoms with van der Waals surface area (Å²) in [4.78, 5) is 38.2.